The molecule has 3 rings (SSSR count). The second kappa shape index (κ2) is 8.79. The van der Waals surface area contributed by atoms with E-state index in [1.54, 1.807) is 55.5 Å². The molecule has 0 bridgehead atoms. The number of carbonyl (C=O) groups is 1. The van der Waals surface area contributed by atoms with E-state index in [1.807, 2.05) is 6.92 Å². The lowest BCUT2D eigenvalue weighted by Crippen LogP contribution is -2.19. The van der Waals surface area contributed by atoms with Crippen LogP contribution in [0.3, 0.4) is 0 Å². The van der Waals surface area contributed by atoms with Crippen molar-refractivity contribution in [1.82, 2.24) is 5.43 Å². The highest BCUT2D eigenvalue weighted by Crippen LogP contribution is 2.17. The Morgan fingerprint density at radius 3 is 2.03 bits per heavy atom. The Balaban J connectivity index is 1.67. The van der Waals surface area contributed by atoms with Crippen molar-refractivity contribution in [3.05, 3.63) is 89.5 Å². The number of nitrogens with zero attached hydrogens (tertiary/aromatic N) is 1. The van der Waals surface area contributed by atoms with Gasteiger partial charge in [-0.3, -0.25) is 9.52 Å². The molecule has 0 aliphatic rings. The van der Waals surface area contributed by atoms with Gasteiger partial charge in [0.25, 0.3) is 15.9 Å². The second-order valence-corrected chi connectivity index (χ2v) is 8.36. The number of sulfonamides is 1. The van der Waals surface area contributed by atoms with Gasteiger partial charge in [0.15, 0.2) is 0 Å². The number of carbonyl (C=O) groups excluding carboxylic acids is 1. The maximum Gasteiger partial charge on any atom is 0.271 e. The quantitative estimate of drug-likeness (QED) is 0.415. The van der Waals surface area contributed by atoms with Gasteiger partial charge in [0, 0.05) is 11.3 Å². The highest BCUT2D eigenvalue weighted by molar-refractivity contribution is 7.92. The van der Waals surface area contributed by atoms with Crippen molar-refractivity contribution < 1.29 is 18.3 Å². The van der Waals surface area contributed by atoms with Crippen molar-refractivity contribution in [2.75, 3.05) is 4.72 Å². The Hall–Kier alpha value is -3.65. The molecular formula is C22H21N3O4S. The molecule has 30 heavy (non-hydrogen) atoms. The first-order chi connectivity index (χ1) is 14.2. The summed E-state index contributed by atoms with van der Waals surface area (Å²) in [6.45, 7) is 3.61. The zero-order valence-electron chi connectivity index (χ0n) is 16.5. The summed E-state index contributed by atoms with van der Waals surface area (Å²) in [5, 5.41) is 13.3. The van der Waals surface area contributed by atoms with Gasteiger partial charge in [-0.15, -0.1) is 0 Å². The fourth-order valence-electron chi connectivity index (χ4n) is 2.59. The van der Waals surface area contributed by atoms with Crippen LogP contribution in [0.5, 0.6) is 5.75 Å². The van der Waals surface area contributed by atoms with E-state index in [0.29, 0.717) is 17.0 Å². The molecule has 154 valence electrons. The van der Waals surface area contributed by atoms with Crippen molar-refractivity contribution in [1.29, 1.82) is 0 Å². The summed E-state index contributed by atoms with van der Waals surface area (Å²) in [5.41, 5.74) is 5.48. The van der Waals surface area contributed by atoms with E-state index >= 15 is 0 Å². The van der Waals surface area contributed by atoms with Crippen molar-refractivity contribution in [3.8, 4) is 5.75 Å². The summed E-state index contributed by atoms with van der Waals surface area (Å²) >= 11 is 0. The minimum absolute atomic E-state index is 0.0734. The van der Waals surface area contributed by atoms with Crippen LogP contribution in [-0.4, -0.2) is 25.1 Å². The number of aromatic hydroxyl groups is 1. The smallest absolute Gasteiger partial charge is 0.271 e. The highest BCUT2D eigenvalue weighted by Gasteiger charge is 2.14. The van der Waals surface area contributed by atoms with E-state index in [9.17, 15) is 18.3 Å². The van der Waals surface area contributed by atoms with Crippen LogP contribution in [0.15, 0.2) is 82.8 Å². The molecule has 0 radical (unpaired) electrons. The number of nitrogens with one attached hydrogen (secondary N) is 2. The predicted molar refractivity (Wildman–Crippen MR) is 116 cm³/mol. The molecule has 0 spiro atoms. The summed E-state index contributed by atoms with van der Waals surface area (Å²) in [6.07, 6.45) is 0. The van der Waals surface area contributed by atoms with E-state index in [-0.39, 0.29) is 10.6 Å². The van der Waals surface area contributed by atoms with Gasteiger partial charge in [-0.2, -0.15) is 5.10 Å². The molecule has 0 aliphatic carbocycles. The van der Waals surface area contributed by atoms with Crippen LogP contribution in [0.4, 0.5) is 5.69 Å². The molecule has 0 unspecified atom stereocenters. The van der Waals surface area contributed by atoms with E-state index in [0.717, 1.165) is 11.1 Å². The zero-order valence-corrected chi connectivity index (χ0v) is 17.3. The Labute approximate surface area is 175 Å². The van der Waals surface area contributed by atoms with Gasteiger partial charge in [-0.1, -0.05) is 29.8 Å². The number of rotatable bonds is 6. The average molecular weight is 423 g/mol. The van der Waals surface area contributed by atoms with Crippen LogP contribution >= 0.6 is 0 Å². The molecule has 3 aromatic rings. The first-order valence-corrected chi connectivity index (χ1v) is 10.6. The molecule has 0 aromatic heterocycles. The first kappa shape index (κ1) is 21.1. The average Bonchev–Trinajstić information content (AvgIpc) is 2.73. The number of hydrogen-bond donors (Lipinski definition) is 3. The largest absolute Gasteiger partial charge is 0.508 e. The Morgan fingerprint density at radius 2 is 1.43 bits per heavy atom. The maximum absolute atomic E-state index is 12.5. The molecule has 7 nitrogen and oxygen atoms in total. The molecule has 8 heteroatoms. The van der Waals surface area contributed by atoms with E-state index < -0.39 is 15.9 Å². The van der Waals surface area contributed by atoms with Gasteiger partial charge in [0.1, 0.15) is 5.75 Å². The number of phenols is 1. The second-order valence-electron chi connectivity index (χ2n) is 6.68. The summed E-state index contributed by atoms with van der Waals surface area (Å²) in [5.74, 6) is -0.332. The monoisotopic (exact) mass is 423 g/mol. The number of hydrazone groups is 1. The third-order valence-corrected chi connectivity index (χ3v) is 5.74. The third kappa shape index (κ3) is 5.24. The van der Waals surface area contributed by atoms with Crippen LogP contribution in [0, 0.1) is 6.92 Å². The molecule has 1 amide bonds. The number of benzene rings is 3. The molecule has 3 N–H and O–H groups in total. The molecule has 0 aliphatic heterocycles. The molecule has 0 atom stereocenters. The normalized spacial score (nSPS) is 11.7. The maximum atomic E-state index is 12.5. The van der Waals surface area contributed by atoms with Crippen LogP contribution in [0.1, 0.15) is 28.4 Å². The number of amides is 1. The van der Waals surface area contributed by atoms with E-state index in [1.165, 1.54) is 24.3 Å². The van der Waals surface area contributed by atoms with Crippen molar-refractivity contribution in [2.24, 2.45) is 5.10 Å². The summed E-state index contributed by atoms with van der Waals surface area (Å²) in [6, 6.07) is 19.1. The van der Waals surface area contributed by atoms with Crippen molar-refractivity contribution >= 4 is 27.3 Å². The van der Waals surface area contributed by atoms with Gasteiger partial charge in [0.2, 0.25) is 0 Å². The van der Waals surface area contributed by atoms with Crippen LogP contribution in [-0.2, 0) is 10.0 Å². The first-order valence-electron chi connectivity index (χ1n) is 9.08. The molecule has 0 saturated heterocycles. The fraction of sp³-hybridized carbons (Fsp3) is 0.0909. The number of aryl methyl sites for hydroxylation is 1. The Bertz CT molecular complexity index is 1170. The van der Waals surface area contributed by atoms with E-state index in [4.69, 9.17) is 0 Å². The molecular weight excluding hydrogens is 402 g/mol. The number of hydrogen-bond acceptors (Lipinski definition) is 5. The van der Waals surface area contributed by atoms with Gasteiger partial charge in [0.05, 0.1) is 10.6 Å². The van der Waals surface area contributed by atoms with Gasteiger partial charge in [-0.05, 0) is 67.9 Å². The van der Waals surface area contributed by atoms with Crippen molar-refractivity contribution in [3.63, 3.8) is 0 Å². The summed E-state index contributed by atoms with van der Waals surface area (Å²) in [7, 11) is -3.67. The molecule has 0 heterocycles. The van der Waals surface area contributed by atoms with Gasteiger partial charge >= 0.3 is 0 Å². The Morgan fingerprint density at radius 1 is 0.867 bits per heavy atom. The SMILES string of the molecule is C/C(=N\NC(=O)c1ccc(O)cc1)c1ccc(NS(=O)(=O)c2ccc(C)cc2)cc1. The summed E-state index contributed by atoms with van der Waals surface area (Å²) < 4.78 is 27.5. The summed E-state index contributed by atoms with van der Waals surface area (Å²) in [4.78, 5) is 12.3. The number of phenolic OH excluding ortho intramolecular Hbond substituents is 1. The lowest BCUT2D eigenvalue weighted by molar-refractivity contribution is 0.0955. The van der Waals surface area contributed by atoms with Gasteiger partial charge < -0.3 is 5.11 Å². The van der Waals surface area contributed by atoms with E-state index in [2.05, 4.69) is 15.2 Å². The minimum Gasteiger partial charge on any atom is -0.508 e. The van der Waals surface area contributed by atoms with Crippen LogP contribution in [0.25, 0.3) is 0 Å². The standard InChI is InChI=1S/C22H21N3O4S/c1-15-3-13-21(14-4-15)30(28,29)25-19-9-5-17(6-10-19)16(2)23-24-22(27)18-7-11-20(26)12-8-18/h3-14,25-26H,1-2H3,(H,24,27)/b23-16+. The van der Waals surface area contributed by atoms with Gasteiger partial charge in [-0.25, -0.2) is 13.8 Å². The topological polar surface area (TPSA) is 108 Å². The minimum atomic E-state index is -3.67. The zero-order chi connectivity index (χ0) is 21.7. The third-order valence-electron chi connectivity index (χ3n) is 4.34. The van der Waals surface area contributed by atoms with Crippen LogP contribution < -0.4 is 10.1 Å². The lowest BCUT2D eigenvalue weighted by Gasteiger charge is -2.09. The highest BCUT2D eigenvalue weighted by atomic mass is 32.2. The molecule has 0 saturated carbocycles. The van der Waals surface area contributed by atoms with Crippen molar-refractivity contribution in [2.45, 2.75) is 18.7 Å². The number of anilines is 1. The molecule has 3 aromatic carbocycles. The predicted octanol–water partition coefficient (Wildman–Crippen LogP) is 3.66. The fourth-order valence-corrected chi connectivity index (χ4v) is 3.65. The lowest BCUT2D eigenvalue weighted by atomic mass is 10.1. The molecule has 0 fully saturated rings. The van der Waals surface area contributed by atoms with Crippen LogP contribution in [0.2, 0.25) is 0 Å². The Kier molecular flexibility index (Phi) is 6.17.